The molecule has 0 aromatic heterocycles. The minimum Gasteiger partial charge on any atom is -0.456 e. The maximum Gasteiger partial charge on any atom is 0.337 e. The number of hydrogen-bond donors (Lipinski definition) is 5. The first-order valence-corrected chi connectivity index (χ1v) is 13.6. The predicted molar refractivity (Wildman–Crippen MR) is 137 cm³/mol. The number of likely N-dealkylation sites (N-methyl/N-ethyl adjacent to an activating group) is 1. The Labute approximate surface area is 228 Å². The van der Waals surface area contributed by atoms with Crippen molar-refractivity contribution in [1.82, 2.24) is 5.32 Å². The molecule has 2 saturated carbocycles. The van der Waals surface area contributed by atoms with E-state index >= 15 is 0 Å². The normalized spacial score (nSPS) is 44.6. The summed E-state index contributed by atoms with van der Waals surface area (Å²) in [4.78, 5) is 39.4. The molecule has 4 aliphatic rings. The van der Waals surface area contributed by atoms with Gasteiger partial charge in [-0.15, -0.1) is 0 Å². The lowest BCUT2D eigenvalue weighted by Gasteiger charge is -2.68. The highest BCUT2D eigenvalue weighted by Gasteiger charge is 2.75. The maximum absolute atomic E-state index is 14.3. The number of fused-ring (bicyclic) bond motifs is 5. The van der Waals surface area contributed by atoms with Crippen molar-refractivity contribution >= 4 is 17.7 Å². The van der Waals surface area contributed by atoms with Gasteiger partial charge in [0.05, 0.1) is 23.7 Å². The Morgan fingerprint density at radius 3 is 2.33 bits per heavy atom. The second kappa shape index (κ2) is 9.60. The molecular formula is C28H43NO10. The van der Waals surface area contributed by atoms with Gasteiger partial charge in [0, 0.05) is 37.1 Å². The average Bonchev–Trinajstić information content (AvgIpc) is 2.85. The molecule has 11 atom stereocenters. The van der Waals surface area contributed by atoms with Gasteiger partial charge < -0.3 is 40.0 Å². The zero-order valence-electron chi connectivity index (χ0n) is 24.0. The number of rotatable bonds is 5. The highest BCUT2D eigenvalue weighted by Crippen LogP contribution is 2.65. The van der Waals surface area contributed by atoms with Gasteiger partial charge in [-0.3, -0.25) is 9.59 Å². The molecule has 0 amide bonds. The lowest BCUT2D eigenvalue weighted by Crippen LogP contribution is -2.79. The molecule has 4 rings (SSSR count). The molecule has 39 heavy (non-hydrogen) atoms. The second-order valence-electron chi connectivity index (χ2n) is 12.7. The van der Waals surface area contributed by atoms with Gasteiger partial charge >= 0.3 is 11.9 Å². The lowest BCUT2D eigenvalue weighted by molar-refractivity contribution is -0.338. The van der Waals surface area contributed by atoms with Crippen LogP contribution < -0.4 is 5.32 Å². The third-order valence-corrected chi connectivity index (χ3v) is 10.6. The predicted octanol–water partition coefficient (Wildman–Crippen LogP) is 0.0120. The maximum atomic E-state index is 14.3. The van der Waals surface area contributed by atoms with Crippen molar-refractivity contribution in [3.8, 4) is 0 Å². The molecule has 1 heterocycles. The van der Waals surface area contributed by atoms with Crippen LogP contribution in [-0.2, 0) is 28.6 Å². The van der Waals surface area contributed by atoms with E-state index in [2.05, 4.69) is 5.32 Å². The van der Waals surface area contributed by atoms with Crippen LogP contribution in [0.25, 0.3) is 0 Å². The van der Waals surface area contributed by atoms with E-state index in [1.54, 1.807) is 48.6 Å². The zero-order chi connectivity index (χ0) is 29.5. The molecule has 0 spiro atoms. The summed E-state index contributed by atoms with van der Waals surface area (Å²) < 4.78 is 17.3. The van der Waals surface area contributed by atoms with Crippen molar-refractivity contribution in [3.05, 3.63) is 11.1 Å². The summed E-state index contributed by atoms with van der Waals surface area (Å²) in [5.41, 5.74) is -5.17. The molecule has 220 valence electrons. The summed E-state index contributed by atoms with van der Waals surface area (Å²) in [5.74, 6) is -3.90. The van der Waals surface area contributed by atoms with Crippen molar-refractivity contribution in [3.63, 3.8) is 0 Å². The molecule has 1 saturated heterocycles. The molecular weight excluding hydrogens is 510 g/mol. The van der Waals surface area contributed by atoms with Gasteiger partial charge in [-0.05, 0) is 44.9 Å². The molecule has 3 fully saturated rings. The number of Topliss-reactive ketones (excluding diaryl/α,β-unsaturated/α-hetero) is 1. The minimum absolute atomic E-state index is 0.0209. The Hall–Kier alpha value is -1.89. The highest BCUT2D eigenvalue weighted by molar-refractivity contribution is 5.93. The molecule has 11 nitrogen and oxygen atoms in total. The van der Waals surface area contributed by atoms with E-state index in [1.807, 2.05) is 0 Å². The number of aliphatic hydroxyl groups excluding tert-OH is 3. The largest absolute Gasteiger partial charge is 0.456 e. The molecule has 0 radical (unpaired) electrons. The number of carbonyl (C=O) groups excluding carboxylic acids is 3. The number of aliphatic hydroxyl groups is 4. The summed E-state index contributed by atoms with van der Waals surface area (Å²) in [5, 5.41) is 48.9. The van der Waals surface area contributed by atoms with Crippen molar-refractivity contribution in [2.24, 2.45) is 22.7 Å². The highest BCUT2D eigenvalue weighted by atomic mass is 16.6. The van der Waals surface area contributed by atoms with Gasteiger partial charge in [0.25, 0.3) is 0 Å². The van der Waals surface area contributed by atoms with Crippen LogP contribution in [0.3, 0.4) is 0 Å². The van der Waals surface area contributed by atoms with E-state index in [9.17, 15) is 34.8 Å². The number of ether oxygens (including phenoxy) is 3. The summed E-state index contributed by atoms with van der Waals surface area (Å²) >= 11 is 0. The topological polar surface area (TPSA) is 172 Å². The molecule has 9 unspecified atom stereocenters. The van der Waals surface area contributed by atoms with Gasteiger partial charge in [-0.1, -0.05) is 20.8 Å². The number of esters is 2. The van der Waals surface area contributed by atoms with Crippen LogP contribution in [-0.4, -0.2) is 99.6 Å². The van der Waals surface area contributed by atoms with E-state index < -0.39 is 88.2 Å². The van der Waals surface area contributed by atoms with Crippen LogP contribution in [0.15, 0.2) is 11.1 Å². The number of ketones is 1. The third-order valence-electron chi connectivity index (χ3n) is 10.6. The molecule has 11 heteroatoms. The third kappa shape index (κ3) is 3.95. The van der Waals surface area contributed by atoms with Crippen LogP contribution in [0.4, 0.5) is 0 Å². The Kier molecular flexibility index (Phi) is 7.40. The molecule has 0 aromatic carbocycles. The lowest BCUT2D eigenvalue weighted by atomic mass is 9.42. The Bertz CT molecular complexity index is 1090. The van der Waals surface area contributed by atoms with Crippen molar-refractivity contribution < 1.29 is 49.0 Å². The molecule has 1 aliphatic heterocycles. The SMILES string of the molecule is CNC(C)C(O)C(=O)OC1CC2(O)[C@@H](C)C3C4(OC(C)=O)COC4CC(O)[C@@]3(C)C(=O)C(O)C(=C1C)C2(C)C. The first kappa shape index (κ1) is 30.1. The van der Waals surface area contributed by atoms with Gasteiger partial charge in [0.15, 0.2) is 17.5 Å². The quantitative estimate of drug-likeness (QED) is 0.229. The van der Waals surface area contributed by atoms with Crippen LogP contribution in [0, 0.1) is 22.7 Å². The monoisotopic (exact) mass is 553 g/mol. The van der Waals surface area contributed by atoms with Crippen LogP contribution >= 0.6 is 0 Å². The smallest absolute Gasteiger partial charge is 0.337 e. The fourth-order valence-electron chi connectivity index (χ4n) is 8.08. The first-order valence-electron chi connectivity index (χ1n) is 13.6. The molecule has 2 bridgehead atoms. The average molecular weight is 554 g/mol. The fourth-order valence-corrected chi connectivity index (χ4v) is 8.08. The minimum atomic E-state index is -1.74. The standard InChI is InChI=1S/C28H43NO10/c1-12-16(38-24(35)20(32)14(3)29-8)10-28(36)13(2)22-26(7,23(34)21(33)19(12)25(28,5)6)17(31)9-18-27(22,11-37-18)39-15(4)30/h13-14,16-18,20-22,29,31-33,36H,9-11H2,1-8H3/t13-,14?,16?,17?,18?,20?,21?,22?,26+,27?,28?/m0/s1. The van der Waals surface area contributed by atoms with Crippen molar-refractivity contribution in [1.29, 1.82) is 0 Å². The second-order valence-corrected chi connectivity index (χ2v) is 12.7. The van der Waals surface area contributed by atoms with Crippen LogP contribution in [0.1, 0.15) is 61.3 Å². The molecule has 3 aliphatic carbocycles. The van der Waals surface area contributed by atoms with Crippen molar-refractivity contribution in [2.45, 2.75) is 109 Å². The Morgan fingerprint density at radius 1 is 1.21 bits per heavy atom. The van der Waals surface area contributed by atoms with Gasteiger partial charge in [-0.25, -0.2) is 4.79 Å². The number of hydrogen-bond acceptors (Lipinski definition) is 11. The first-order chi connectivity index (χ1) is 17.9. The van der Waals surface area contributed by atoms with Crippen molar-refractivity contribution in [2.75, 3.05) is 13.7 Å². The van der Waals surface area contributed by atoms with Crippen LogP contribution in [0.2, 0.25) is 0 Å². The summed E-state index contributed by atoms with van der Waals surface area (Å²) in [6, 6.07) is -0.603. The van der Waals surface area contributed by atoms with E-state index in [0.29, 0.717) is 5.57 Å². The zero-order valence-corrected chi connectivity index (χ0v) is 24.0. The number of carbonyl (C=O) groups is 3. The van der Waals surface area contributed by atoms with Gasteiger partial charge in [0.1, 0.15) is 18.3 Å². The number of nitrogens with one attached hydrogen (secondary N) is 1. The van der Waals surface area contributed by atoms with E-state index in [-0.39, 0.29) is 25.0 Å². The van der Waals surface area contributed by atoms with Gasteiger partial charge in [-0.2, -0.15) is 0 Å². The van der Waals surface area contributed by atoms with Crippen LogP contribution in [0.5, 0.6) is 0 Å². The van der Waals surface area contributed by atoms with E-state index in [4.69, 9.17) is 14.2 Å². The summed E-state index contributed by atoms with van der Waals surface area (Å²) in [6.07, 6.45) is -6.29. The molecule has 5 N–H and O–H groups in total. The summed E-state index contributed by atoms with van der Waals surface area (Å²) in [6.45, 7) is 11.2. The Morgan fingerprint density at radius 2 is 1.82 bits per heavy atom. The fraction of sp³-hybridized carbons (Fsp3) is 0.821. The van der Waals surface area contributed by atoms with Gasteiger partial charge in [0.2, 0.25) is 0 Å². The molecule has 0 aromatic rings. The van der Waals surface area contributed by atoms with E-state index in [1.165, 1.54) is 6.92 Å². The Balaban J connectivity index is 1.91. The summed E-state index contributed by atoms with van der Waals surface area (Å²) in [7, 11) is 1.59. The van der Waals surface area contributed by atoms with E-state index in [0.717, 1.165) is 0 Å².